The summed E-state index contributed by atoms with van der Waals surface area (Å²) < 4.78 is 0.421. The molecular formula is C14H25INO2-. The Labute approximate surface area is 124 Å². The van der Waals surface area contributed by atoms with Gasteiger partial charge in [0.2, 0.25) is 0 Å². The van der Waals surface area contributed by atoms with E-state index in [9.17, 15) is 9.90 Å². The molecule has 1 aliphatic carbocycles. The van der Waals surface area contributed by atoms with E-state index in [1.807, 2.05) is 0 Å². The molecule has 1 amide bonds. The van der Waals surface area contributed by atoms with E-state index in [1.54, 1.807) is 7.05 Å². The fraction of sp³-hybridized carbons (Fsp3) is 0.929. The highest BCUT2D eigenvalue weighted by molar-refractivity contribution is 14.1. The molecule has 0 spiro atoms. The SMILES string of the molecule is CN(C(=O)[O-])C1CCCCCCCCCCC1I. The van der Waals surface area contributed by atoms with E-state index < -0.39 is 6.09 Å². The van der Waals surface area contributed by atoms with E-state index in [0.29, 0.717) is 3.92 Å². The Kier molecular flexibility index (Phi) is 8.02. The number of nitrogens with zero attached hydrogens (tertiary/aromatic N) is 1. The molecule has 106 valence electrons. The second-order valence-electron chi connectivity index (χ2n) is 5.37. The van der Waals surface area contributed by atoms with E-state index >= 15 is 0 Å². The Balaban J connectivity index is 2.54. The van der Waals surface area contributed by atoms with Crippen molar-refractivity contribution in [2.24, 2.45) is 0 Å². The molecule has 2 atom stereocenters. The maximum atomic E-state index is 11.0. The van der Waals surface area contributed by atoms with Crippen LogP contribution in [-0.2, 0) is 0 Å². The second kappa shape index (κ2) is 8.99. The van der Waals surface area contributed by atoms with Gasteiger partial charge < -0.3 is 14.8 Å². The third-order valence-electron chi connectivity index (χ3n) is 3.93. The molecule has 1 fully saturated rings. The Hall–Kier alpha value is 0. The molecule has 0 aromatic rings. The number of carbonyl (C=O) groups excluding carboxylic acids is 1. The zero-order chi connectivity index (χ0) is 13.4. The van der Waals surface area contributed by atoms with E-state index in [4.69, 9.17) is 0 Å². The van der Waals surface area contributed by atoms with Gasteiger partial charge in [-0.25, -0.2) is 0 Å². The number of amides is 1. The summed E-state index contributed by atoms with van der Waals surface area (Å²) >= 11 is 2.43. The van der Waals surface area contributed by atoms with Crippen molar-refractivity contribution in [1.82, 2.24) is 4.90 Å². The van der Waals surface area contributed by atoms with Crippen molar-refractivity contribution in [3.63, 3.8) is 0 Å². The van der Waals surface area contributed by atoms with Crippen LogP contribution in [0.4, 0.5) is 4.79 Å². The van der Waals surface area contributed by atoms with E-state index in [2.05, 4.69) is 22.6 Å². The molecule has 3 nitrogen and oxygen atoms in total. The zero-order valence-electron chi connectivity index (χ0n) is 11.4. The smallest absolute Gasteiger partial charge is 0.136 e. The fourth-order valence-electron chi connectivity index (χ4n) is 2.70. The van der Waals surface area contributed by atoms with Crippen molar-refractivity contribution in [1.29, 1.82) is 0 Å². The lowest BCUT2D eigenvalue weighted by Crippen LogP contribution is -2.48. The van der Waals surface area contributed by atoms with Gasteiger partial charge in [-0.3, -0.25) is 0 Å². The Bertz CT molecular complexity index is 248. The van der Waals surface area contributed by atoms with Gasteiger partial charge >= 0.3 is 0 Å². The van der Waals surface area contributed by atoms with Gasteiger partial charge in [0.15, 0.2) is 0 Å². The van der Waals surface area contributed by atoms with E-state index in [1.165, 1.54) is 49.8 Å². The third kappa shape index (κ3) is 5.76. The van der Waals surface area contributed by atoms with Crippen LogP contribution in [0.3, 0.4) is 0 Å². The molecule has 0 bridgehead atoms. The van der Waals surface area contributed by atoms with Crippen LogP contribution in [0.25, 0.3) is 0 Å². The summed E-state index contributed by atoms with van der Waals surface area (Å²) in [6.45, 7) is 0. The fourth-order valence-corrected chi connectivity index (χ4v) is 3.98. The van der Waals surface area contributed by atoms with Gasteiger partial charge in [0.25, 0.3) is 0 Å². The van der Waals surface area contributed by atoms with Gasteiger partial charge in [-0.15, -0.1) is 0 Å². The van der Waals surface area contributed by atoms with Crippen LogP contribution in [0, 0.1) is 0 Å². The first-order valence-electron chi connectivity index (χ1n) is 7.21. The van der Waals surface area contributed by atoms with Gasteiger partial charge in [0.05, 0.1) is 0 Å². The first-order chi connectivity index (χ1) is 8.63. The normalized spacial score (nSPS) is 27.9. The molecule has 0 N–H and O–H groups in total. The number of hydrogen-bond acceptors (Lipinski definition) is 2. The van der Waals surface area contributed by atoms with Crippen molar-refractivity contribution < 1.29 is 9.90 Å². The summed E-state index contributed by atoms with van der Waals surface area (Å²) in [5.41, 5.74) is 0. The van der Waals surface area contributed by atoms with Crippen LogP contribution in [0.5, 0.6) is 0 Å². The van der Waals surface area contributed by atoms with Crippen molar-refractivity contribution in [3.05, 3.63) is 0 Å². The van der Waals surface area contributed by atoms with Crippen LogP contribution < -0.4 is 5.11 Å². The molecule has 0 aromatic carbocycles. The van der Waals surface area contributed by atoms with Crippen molar-refractivity contribution in [2.75, 3.05) is 7.05 Å². The highest BCUT2D eigenvalue weighted by atomic mass is 127. The topological polar surface area (TPSA) is 43.4 Å². The average molecular weight is 366 g/mol. The first-order valence-corrected chi connectivity index (χ1v) is 8.45. The third-order valence-corrected chi connectivity index (χ3v) is 5.39. The lowest BCUT2D eigenvalue weighted by molar-refractivity contribution is -0.266. The van der Waals surface area contributed by atoms with E-state index in [0.717, 1.165) is 19.3 Å². The lowest BCUT2D eigenvalue weighted by atomic mass is 9.97. The minimum absolute atomic E-state index is 0.134. The maximum Gasteiger partial charge on any atom is 0.136 e. The molecule has 0 heterocycles. The van der Waals surface area contributed by atoms with E-state index in [-0.39, 0.29) is 6.04 Å². The Morgan fingerprint density at radius 3 is 1.94 bits per heavy atom. The molecule has 0 aromatic heterocycles. The molecule has 0 aliphatic heterocycles. The van der Waals surface area contributed by atoms with Crippen molar-refractivity contribution in [3.8, 4) is 0 Å². The summed E-state index contributed by atoms with van der Waals surface area (Å²) in [5.74, 6) is 0. The summed E-state index contributed by atoms with van der Waals surface area (Å²) in [6, 6.07) is 0.134. The number of alkyl halides is 1. The Morgan fingerprint density at radius 1 is 1.00 bits per heavy atom. The molecular weight excluding hydrogens is 341 g/mol. The maximum absolute atomic E-state index is 11.0. The number of halogens is 1. The van der Waals surface area contributed by atoms with Crippen LogP contribution in [-0.4, -0.2) is 28.0 Å². The quantitative estimate of drug-likeness (QED) is 0.528. The number of carboxylic acid groups (broad SMARTS) is 1. The van der Waals surface area contributed by atoms with Gasteiger partial charge in [0, 0.05) is 17.0 Å². The van der Waals surface area contributed by atoms with Gasteiger partial charge in [0.1, 0.15) is 6.09 Å². The van der Waals surface area contributed by atoms with Crippen LogP contribution in [0.15, 0.2) is 0 Å². The average Bonchev–Trinajstić information content (AvgIpc) is 2.33. The van der Waals surface area contributed by atoms with Gasteiger partial charge in [-0.2, -0.15) is 0 Å². The highest BCUT2D eigenvalue weighted by Crippen LogP contribution is 2.25. The standard InChI is InChI=1S/C14H26INO2/c1-16(14(17)18)13-11-9-7-5-3-2-4-6-8-10-12(13)15/h12-13H,2-11H2,1H3,(H,17,18)/p-1. The molecule has 0 saturated heterocycles. The Morgan fingerprint density at radius 2 is 1.44 bits per heavy atom. The van der Waals surface area contributed by atoms with Crippen molar-refractivity contribution in [2.45, 2.75) is 74.2 Å². The summed E-state index contributed by atoms with van der Waals surface area (Å²) in [7, 11) is 1.66. The second-order valence-corrected chi connectivity index (χ2v) is 6.97. The highest BCUT2D eigenvalue weighted by Gasteiger charge is 2.22. The predicted octanol–water partition coefficient (Wildman–Crippen LogP) is 3.35. The molecule has 1 rings (SSSR count). The van der Waals surface area contributed by atoms with Gasteiger partial charge in [-0.05, 0) is 12.8 Å². The molecule has 18 heavy (non-hydrogen) atoms. The van der Waals surface area contributed by atoms with Crippen LogP contribution >= 0.6 is 22.6 Å². The molecule has 1 aliphatic rings. The summed E-state index contributed by atoms with van der Waals surface area (Å²) in [6.07, 6.45) is 11.3. The predicted molar refractivity (Wildman–Crippen MR) is 80.9 cm³/mol. The zero-order valence-corrected chi connectivity index (χ0v) is 13.5. The van der Waals surface area contributed by atoms with Gasteiger partial charge in [-0.1, -0.05) is 74.0 Å². The first kappa shape index (κ1) is 16.1. The largest absolute Gasteiger partial charge is 0.530 e. The monoisotopic (exact) mass is 366 g/mol. The molecule has 0 radical (unpaired) electrons. The number of carbonyl (C=O) groups is 1. The molecule has 2 unspecified atom stereocenters. The summed E-state index contributed by atoms with van der Waals surface area (Å²) in [5, 5.41) is 11.0. The minimum Gasteiger partial charge on any atom is -0.530 e. The molecule has 4 heteroatoms. The molecule has 1 saturated carbocycles. The van der Waals surface area contributed by atoms with Crippen LogP contribution in [0.2, 0.25) is 0 Å². The van der Waals surface area contributed by atoms with Crippen LogP contribution in [0.1, 0.15) is 64.2 Å². The number of hydrogen-bond donors (Lipinski definition) is 0. The number of rotatable bonds is 1. The lowest BCUT2D eigenvalue weighted by Gasteiger charge is -2.34. The summed E-state index contributed by atoms with van der Waals surface area (Å²) in [4.78, 5) is 12.5. The minimum atomic E-state index is -1.03. The van der Waals surface area contributed by atoms with Crippen molar-refractivity contribution >= 4 is 28.7 Å².